The van der Waals surface area contributed by atoms with Crippen molar-refractivity contribution in [2.24, 2.45) is 0 Å². The number of alkyl halides is 3. The Balaban J connectivity index is 2.96. The zero-order chi connectivity index (χ0) is 12.3. The lowest BCUT2D eigenvalue weighted by Gasteiger charge is -2.05. The van der Waals surface area contributed by atoms with Gasteiger partial charge in [-0.1, -0.05) is 0 Å². The smallest absolute Gasteiger partial charge is 0.393 e. The quantitative estimate of drug-likeness (QED) is 0.838. The number of ether oxygens (including phenoxy) is 1. The second-order valence-corrected chi connectivity index (χ2v) is 3.95. The van der Waals surface area contributed by atoms with E-state index in [0.29, 0.717) is 11.3 Å². The van der Waals surface area contributed by atoms with Crippen molar-refractivity contribution in [3.05, 3.63) is 10.6 Å². The SMILES string of the molecule is CCOC(=O)c1nc(N)sc1CC(F)(F)F. The molecule has 0 unspecified atom stereocenters. The highest BCUT2D eigenvalue weighted by Crippen LogP contribution is 2.29. The Hall–Kier alpha value is -1.31. The van der Waals surface area contributed by atoms with Crippen molar-refractivity contribution in [1.29, 1.82) is 0 Å². The van der Waals surface area contributed by atoms with Gasteiger partial charge in [0.1, 0.15) is 0 Å². The van der Waals surface area contributed by atoms with Crippen LogP contribution in [0.25, 0.3) is 0 Å². The van der Waals surface area contributed by atoms with E-state index in [4.69, 9.17) is 5.73 Å². The summed E-state index contributed by atoms with van der Waals surface area (Å²) in [6.45, 7) is 1.62. The molecule has 1 aromatic rings. The number of thiazole rings is 1. The fourth-order valence-corrected chi connectivity index (χ4v) is 1.88. The molecule has 0 bridgehead atoms. The Kier molecular flexibility index (Phi) is 3.74. The second-order valence-electron chi connectivity index (χ2n) is 2.84. The van der Waals surface area contributed by atoms with Crippen LogP contribution >= 0.6 is 11.3 Å². The minimum absolute atomic E-state index is 0.0712. The Bertz CT molecular complexity index is 389. The fraction of sp³-hybridized carbons (Fsp3) is 0.500. The molecule has 0 saturated heterocycles. The average Bonchev–Trinajstić information content (AvgIpc) is 2.44. The van der Waals surface area contributed by atoms with Crippen LogP contribution in [-0.2, 0) is 11.2 Å². The molecule has 1 rings (SSSR count). The molecule has 1 aromatic heterocycles. The first-order valence-corrected chi connectivity index (χ1v) is 5.14. The largest absolute Gasteiger partial charge is 0.461 e. The summed E-state index contributed by atoms with van der Waals surface area (Å²) in [6, 6.07) is 0. The van der Waals surface area contributed by atoms with Crippen molar-refractivity contribution in [3.63, 3.8) is 0 Å². The van der Waals surface area contributed by atoms with Crippen molar-refractivity contribution in [1.82, 2.24) is 4.98 Å². The summed E-state index contributed by atoms with van der Waals surface area (Å²) in [5.74, 6) is -0.880. The van der Waals surface area contributed by atoms with E-state index in [1.54, 1.807) is 6.92 Å². The molecule has 0 aliphatic rings. The number of halogens is 3. The van der Waals surface area contributed by atoms with Crippen molar-refractivity contribution in [3.8, 4) is 0 Å². The van der Waals surface area contributed by atoms with E-state index in [-0.39, 0.29) is 22.3 Å². The van der Waals surface area contributed by atoms with Crippen LogP contribution in [0.2, 0.25) is 0 Å². The molecule has 90 valence electrons. The van der Waals surface area contributed by atoms with E-state index in [9.17, 15) is 18.0 Å². The zero-order valence-corrected chi connectivity index (χ0v) is 9.11. The molecule has 0 atom stereocenters. The molecule has 0 aliphatic carbocycles. The molecular weight excluding hydrogens is 245 g/mol. The lowest BCUT2D eigenvalue weighted by molar-refractivity contribution is -0.126. The number of hydrogen-bond acceptors (Lipinski definition) is 5. The fourth-order valence-electron chi connectivity index (χ4n) is 1.03. The molecule has 0 aromatic carbocycles. The molecule has 0 radical (unpaired) electrons. The maximum atomic E-state index is 12.2. The first-order chi connectivity index (χ1) is 7.33. The van der Waals surface area contributed by atoms with Crippen molar-refractivity contribution in [2.45, 2.75) is 19.5 Å². The summed E-state index contributed by atoms with van der Waals surface area (Å²) in [5, 5.41) is -0.0812. The van der Waals surface area contributed by atoms with Gasteiger partial charge in [-0.2, -0.15) is 13.2 Å². The van der Waals surface area contributed by atoms with E-state index in [1.165, 1.54) is 0 Å². The lowest BCUT2D eigenvalue weighted by Crippen LogP contribution is -2.15. The van der Waals surface area contributed by atoms with Crippen LogP contribution in [0, 0.1) is 0 Å². The minimum Gasteiger partial charge on any atom is -0.461 e. The van der Waals surface area contributed by atoms with E-state index >= 15 is 0 Å². The highest BCUT2D eigenvalue weighted by Gasteiger charge is 2.32. The van der Waals surface area contributed by atoms with Crippen LogP contribution in [0.15, 0.2) is 0 Å². The second kappa shape index (κ2) is 4.69. The van der Waals surface area contributed by atoms with Crippen LogP contribution < -0.4 is 5.73 Å². The first-order valence-electron chi connectivity index (χ1n) is 4.32. The third kappa shape index (κ3) is 3.37. The van der Waals surface area contributed by atoms with Crippen molar-refractivity contribution in [2.75, 3.05) is 12.3 Å². The predicted octanol–water partition coefficient (Wildman–Crippen LogP) is 2.01. The highest BCUT2D eigenvalue weighted by atomic mass is 32.1. The Morgan fingerprint density at radius 3 is 2.69 bits per heavy atom. The highest BCUT2D eigenvalue weighted by molar-refractivity contribution is 7.15. The summed E-state index contributed by atoms with van der Waals surface area (Å²) in [4.78, 5) is 14.6. The maximum Gasteiger partial charge on any atom is 0.393 e. The first kappa shape index (κ1) is 12.8. The third-order valence-corrected chi connectivity index (χ3v) is 2.43. The van der Waals surface area contributed by atoms with E-state index < -0.39 is 18.6 Å². The van der Waals surface area contributed by atoms with Gasteiger partial charge in [0.15, 0.2) is 10.8 Å². The number of nitrogen functional groups attached to an aromatic ring is 1. The number of aromatic nitrogens is 1. The van der Waals surface area contributed by atoms with Crippen LogP contribution in [0.1, 0.15) is 22.3 Å². The Labute approximate surface area is 93.2 Å². The van der Waals surface area contributed by atoms with Gasteiger partial charge in [0.05, 0.1) is 17.9 Å². The molecule has 0 fully saturated rings. The van der Waals surface area contributed by atoms with Crippen LogP contribution in [0.4, 0.5) is 18.3 Å². The van der Waals surface area contributed by atoms with Crippen molar-refractivity contribution < 1.29 is 22.7 Å². The molecule has 0 aliphatic heterocycles. The molecule has 2 N–H and O–H groups in total. The van der Waals surface area contributed by atoms with Gasteiger partial charge in [-0.05, 0) is 6.92 Å². The van der Waals surface area contributed by atoms with Gasteiger partial charge in [0, 0.05) is 0 Å². The summed E-state index contributed by atoms with van der Waals surface area (Å²) >= 11 is 0.641. The van der Waals surface area contributed by atoms with E-state index in [2.05, 4.69) is 9.72 Å². The molecule has 16 heavy (non-hydrogen) atoms. The monoisotopic (exact) mass is 254 g/mol. The van der Waals surface area contributed by atoms with Gasteiger partial charge in [-0.15, -0.1) is 11.3 Å². The summed E-state index contributed by atoms with van der Waals surface area (Å²) in [5.41, 5.74) is 4.92. The molecule has 0 spiro atoms. The Morgan fingerprint density at radius 2 is 2.19 bits per heavy atom. The molecule has 0 saturated carbocycles. The van der Waals surface area contributed by atoms with Crippen LogP contribution in [-0.4, -0.2) is 23.7 Å². The molecule has 4 nitrogen and oxygen atoms in total. The van der Waals surface area contributed by atoms with Gasteiger partial charge in [-0.3, -0.25) is 0 Å². The molecule has 0 amide bonds. The van der Waals surface area contributed by atoms with Crippen LogP contribution in [0.3, 0.4) is 0 Å². The number of carbonyl (C=O) groups excluding carboxylic acids is 1. The normalized spacial score (nSPS) is 11.5. The van der Waals surface area contributed by atoms with E-state index in [1.807, 2.05) is 0 Å². The number of anilines is 1. The minimum atomic E-state index is -4.40. The van der Waals surface area contributed by atoms with E-state index in [0.717, 1.165) is 0 Å². The van der Waals surface area contributed by atoms with Gasteiger partial charge in [0.25, 0.3) is 0 Å². The topological polar surface area (TPSA) is 65.2 Å². The third-order valence-electron chi connectivity index (χ3n) is 1.54. The zero-order valence-electron chi connectivity index (χ0n) is 8.30. The van der Waals surface area contributed by atoms with Gasteiger partial charge in [0.2, 0.25) is 0 Å². The predicted molar refractivity (Wildman–Crippen MR) is 52.2 cm³/mol. The number of rotatable bonds is 3. The molecular formula is C8H9F3N2O2S. The van der Waals surface area contributed by atoms with Gasteiger partial charge < -0.3 is 10.5 Å². The Morgan fingerprint density at radius 1 is 1.56 bits per heavy atom. The van der Waals surface area contributed by atoms with Crippen molar-refractivity contribution >= 4 is 22.4 Å². The molecule has 1 heterocycles. The number of nitrogens with zero attached hydrogens (tertiary/aromatic N) is 1. The molecule has 8 heteroatoms. The summed E-state index contributed by atoms with van der Waals surface area (Å²) in [7, 11) is 0. The number of hydrogen-bond donors (Lipinski definition) is 1. The van der Waals surface area contributed by atoms with Gasteiger partial charge in [-0.25, -0.2) is 9.78 Å². The summed E-state index contributed by atoms with van der Waals surface area (Å²) in [6.07, 6.45) is -5.63. The summed E-state index contributed by atoms with van der Waals surface area (Å²) < 4.78 is 41.1. The van der Waals surface area contributed by atoms with Crippen LogP contribution in [0.5, 0.6) is 0 Å². The number of carbonyl (C=O) groups is 1. The maximum absolute atomic E-state index is 12.2. The number of esters is 1. The number of nitrogens with two attached hydrogens (primary N) is 1. The van der Waals surface area contributed by atoms with Gasteiger partial charge >= 0.3 is 12.1 Å². The standard InChI is InChI=1S/C8H9F3N2O2S/c1-2-15-6(14)5-4(3-8(9,10)11)16-7(12)13-5/h2-3H2,1H3,(H2,12,13). The lowest BCUT2D eigenvalue weighted by atomic mass is 10.3. The average molecular weight is 254 g/mol.